The van der Waals surface area contributed by atoms with E-state index in [4.69, 9.17) is 0 Å². The number of aliphatic carboxylic acids is 1. The Bertz CT molecular complexity index is 1490. The van der Waals surface area contributed by atoms with Crippen LogP contribution in [0.1, 0.15) is 15.9 Å². The average Bonchev–Trinajstić information content (AvgIpc) is 3.01. The molecule has 0 aliphatic rings. The van der Waals surface area contributed by atoms with Gasteiger partial charge in [0, 0.05) is 11.1 Å². The Labute approximate surface area is 228 Å². The molecular formula is C34H27NO3P+. The lowest BCUT2D eigenvalue weighted by atomic mass is 10.1. The third-order valence-corrected chi connectivity index (χ3v) is 10.9. The van der Waals surface area contributed by atoms with Gasteiger partial charge in [-0.3, -0.25) is 4.79 Å². The zero-order valence-corrected chi connectivity index (χ0v) is 22.0. The Hall–Kier alpha value is -4.79. The van der Waals surface area contributed by atoms with Crippen molar-refractivity contribution in [2.24, 2.45) is 0 Å². The van der Waals surface area contributed by atoms with Gasteiger partial charge in [0.25, 0.3) is 5.91 Å². The maximum Gasteiger partial charge on any atom is 0.356 e. The number of carboxylic acid groups (broad SMARTS) is 1. The summed E-state index contributed by atoms with van der Waals surface area (Å²) in [4.78, 5) is 26.6. The summed E-state index contributed by atoms with van der Waals surface area (Å²) >= 11 is 0. The first-order valence-electron chi connectivity index (χ1n) is 12.6. The smallest absolute Gasteiger partial charge is 0.356 e. The molecular weight excluding hydrogens is 501 g/mol. The van der Waals surface area contributed by atoms with Crippen LogP contribution in [0.15, 0.2) is 157 Å². The molecule has 0 fully saturated rings. The molecule has 0 aliphatic carbocycles. The molecule has 0 aliphatic heterocycles. The van der Waals surface area contributed by atoms with E-state index >= 15 is 0 Å². The Balaban J connectivity index is 1.94. The van der Waals surface area contributed by atoms with Crippen LogP contribution in [-0.4, -0.2) is 17.0 Å². The molecule has 5 aromatic rings. The van der Waals surface area contributed by atoms with E-state index < -0.39 is 19.1 Å². The minimum Gasteiger partial charge on any atom is -0.476 e. The van der Waals surface area contributed by atoms with E-state index in [9.17, 15) is 14.7 Å². The summed E-state index contributed by atoms with van der Waals surface area (Å²) in [5, 5.41) is 17.1. The number of amides is 1. The Kier molecular flexibility index (Phi) is 7.77. The van der Waals surface area contributed by atoms with Gasteiger partial charge in [0.05, 0.1) is 0 Å². The lowest BCUT2D eigenvalue weighted by Crippen LogP contribution is -2.36. The zero-order valence-electron chi connectivity index (χ0n) is 21.1. The van der Waals surface area contributed by atoms with Crippen LogP contribution in [0, 0.1) is 0 Å². The van der Waals surface area contributed by atoms with Crippen molar-refractivity contribution < 1.29 is 14.7 Å². The van der Waals surface area contributed by atoms with Gasteiger partial charge in [0.1, 0.15) is 28.5 Å². The highest BCUT2D eigenvalue weighted by atomic mass is 31.2. The van der Waals surface area contributed by atoms with Gasteiger partial charge in [-0.05, 0) is 48.5 Å². The summed E-state index contributed by atoms with van der Waals surface area (Å²) in [5.41, 5.74) is 0.972. The van der Waals surface area contributed by atoms with Crippen molar-refractivity contribution in [3.05, 3.63) is 168 Å². The molecule has 4 nitrogen and oxygen atoms in total. The SMILES string of the molecule is O=C(O)/C(NC(=O)c1ccccc1)=C(/c1ccccc1)[P+](c1ccccc1)(c1ccccc1)c1ccccc1. The van der Waals surface area contributed by atoms with Crippen LogP contribution >= 0.6 is 7.26 Å². The van der Waals surface area contributed by atoms with Gasteiger partial charge < -0.3 is 10.4 Å². The minimum atomic E-state index is -2.86. The third-order valence-electron chi connectivity index (χ3n) is 6.54. The average molecular weight is 529 g/mol. The van der Waals surface area contributed by atoms with Crippen LogP contribution in [0.25, 0.3) is 5.31 Å². The van der Waals surface area contributed by atoms with Crippen LogP contribution in [0.4, 0.5) is 0 Å². The second-order valence-corrected chi connectivity index (χ2v) is 12.2. The highest BCUT2D eigenvalue weighted by Crippen LogP contribution is 2.67. The van der Waals surface area contributed by atoms with Crippen molar-refractivity contribution in [2.45, 2.75) is 0 Å². The van der Waals surface area contributed by atoms with Crippen molar-refractivity contribution >= 4 is 40.4 Å². The van der Waals surface area contributed by atoms with Gasteiger partial charge in [-0.25, -0.2) is 4.79 Å². The summed E-state index contributed by atoms with van der Waals surface area (Å²) in [5.74, 6) is -1.68. The number of rotatable bonds is 8. The molecule has 5 heteroatoms. The van der Waals surface area contributed by atoms with Gasteiger partial charge in [0.2, 0.25) is 0 Å². The molecule has 0 spiro atoms. The number of carboxylic acids is 1. The van der Waals surface area contributed by atoms with Crippen LogP contribution in [0.2, 0.25) is 0 Å². The lowest BCUT2D eigenvalue weighted by molar-refractivity contribution is -0.132. The normalized spacial score (nSPS) is 11.8. The first-order chi connectivity index (χ1) is 19.1. The molecule has 2 N–H and O–H groups in total. The standard InChI is InChI=1S/C34H26NO3P/c36-33(27-18-8-2-9-19-27)35-31(34(37)38)32(26-16-6-1-7-17-26)39(28-20-10-3-11-21-28,29-22-12-4-13-23-29)30-24-14-5-15-25-30/h1-25H,(H-,35,36,37,38)/p+1/b32-31+. The summed E-state index contributed by atoms with van der Waals surface area (Å²) < 4.78 is 0. The van der Waals surface area contributed by atoms with E-state index in [0.717, 1.165) is 21.5 Å². The number of carbonyl (C=O) groups is 2. The summed E-state index contributed by atoms with van der Waals surface area (Å²) in [6.07, 6.45) is 0. The highest BCUT2D eigenvalue weighted by Gasteiger charge is 2.52. The van der Waals surface area contributed by atoms with Crippen LogP contribution < -0.4 is 21.2 Å². The molecule has 0 heterocycles. The molecule has 190 valence electrons. The molecule has 0 unspecified atom stereocenters. The maximum absolute atomic E-state index is 13.4. The van der Waals surface area contributed by atoms with E-state index in [0.29, 0.717) is 10.9 Å². The molecule has 5 rings (SSSR count). The Morgan fingerprint density at radius 2 is 0.821 bits per heavy atom. The summed E-state index contributed by atoms with van der Waals surface area (Å²) in [6.45, 7) is 0. The van der Waals surface area contributed by atoms with Crippen LogP contribution in [-0.2, 0) is 4.79 Å². The maximum atomic E-state index is 13.4. The fraction of sp³-hybridized carbons (Fsp3) is 0. The molecule has 5 aromatic carbocycles. The lowest BCUT2D eigenvalue weighted by Gasteiger charge is -2.31. The number of benzene rings is 5. The van der Waals surface area contributed by atoms with Gasteiger partial charge in [0.15, 0.2) is 5.70 Å². The quantitative estimate of drug-likeness (QED) is 0.196. The van der Waals surface area contributed by atoms with Crippen LogP contribution in [0.3, 0.4) is 0 Å². The number of nitrogens with one attached hydrogen (secondary N) is 1. The Morgan fingerprint density at radius 1 is 0.487 bits per heavy atom. The second-order valence-electron chi connectivity index (χ2n) is 8.89. The van der Waals surface area contributed by atoms with Crippen LogP contribution in [0.5, 0.6) is 0 Å². The van der Waals surface area contributed by atoms with E-state index in [1.165, 1.54) is 0 Å². The highest BCUT2D eigenvalue weighted by molar-refractivity contribution is 8.03. The fourth-order valence-electron chi connectivity index (χ4n) is 4.88. The first kappa shape index (κ1) is 25.8. The van der Waals surface area contributed by atoms with Gasteiger partial charge >= 0.3 is 5.97 Å². The van der Waals surface area contributed by atoms with E-state index in [1.807, 2.05) is 91.0 Å². The number of carbonyl (C=O) groups excluding carboxylic acids is 1. The molecule has 39 heavy (non-hydrogen) atoms. The van der Waals surface area contributed by atoms with E-state index in [2.05, 4.69) is 41.7 Å². The van der Waals surface area contributed by atoms with Gasteiger partial charge in [-0.15, -0.1) is 0 Å². The topological polar surface area (TPSA) is 66.4 Å². The molecule has 0 saturated heterocycles. The van der Waals surface area contributed by atoms with E-state index in [-0.39, 0.29) is 5.70 Å². The molecule has 1 amide bonds. The molecule has 0 aromatic heterocycles. The molecule has 0 radical (unpaired) electrons. The van der Waals surface area contributed by atoms with Crippen molar-refractivity contribution in [3.63, 3.8) is 0 Å². The first-order valence-corrected chi connectivity index (χ1v) is 14.4. The van der Waals surface area contributed by atoms with E-state index in [1.54, 1.807) is 24.3 Å². The van der Waals surface area contributed by atoms with Crippen molar-refractivity contribution in [2.75, 3.05) is 0 Å². The Morgan fingerprint density at radius 3 is 1.18 bits per heavy atom. The minimum absolute atomic E-state index is 0.139. The predicted molar refractivity (Wildman–Crippen MR) is 160 cm³/mol. The van der Waals surface area contributed by atoms with Gasteiger partial charge in [-0.2, -0.15) is 0 Å². The molecule has 0 saturated carbocycles. The number of hydrogen-bond acceptors (Lipinski definition) is 2. The monoisotopic (exact) mass is 528 g/mol. The molecule has 0 bridgehead atoms. The second kappa shape index (κ2) is 11.7. The van der Waals surface area contributed by atoms with Crippen molar-refractivity contribution in [1.29, 1.82) is 0 Å². The number of hydrogen-bond donors (Lipinski definition) is 2. The largest absolute Gasteiger partial charge is 0.476 e. The summed E-state index contributed by atoms with van der Waals surface area (Å²) in [7, 11) is -2.86. The zero-order chi connectivity index (χ0) is 27.1. The predicted octanol–water partition coefficient (Wildman–Crippen LogP) is 5.86. The van der Waals surface area contributed by atoms with Crippen molar-refractivity contribution in [3.8, 4) is 0 Å². The van der Waals surface area contributed by atoms with Crippen molar-refractivity contribution in [1.82, 2.24) is 5.32 Å². The van der Waals surface area contributed by atoms with Gasteiger partial charge in [-0.1, -0.05) is 103 Å². The third kappa shape index (κ3) is 5.16. The fourth-order valence-corrected chi connectivity index (χ4v) is 9.43. The summed E-state index contributed by atoms with van der Waals surface area (Å²) in [6, 6.07) is 48.2. The molecule has 0 atom stereocenters.